The van der Waals surface area contributed by atoms with Gasteiger partial charge in [-0.2, -0.15) is 11.8 Å². The Hall–Kier alpha value is -0.990. The molecule has 0 aromatic carbocycles. The van der Waals surface area contributed by atoms with Crippen LogP contribution in [0.3, 0.4) is 0 Å². The first-order valence-corrected chi connectivity index (χ1v) is 7.97. The number of amides is 2. The summed E-state index contributed by atoms with van der Waals surface area (Å²) >= 11 is 1.95. The summed E-state index contributed by atoms with van der Waals surface area (Å²) in [6, 6.07) is -0.767. The SMILES string of the molecule is O=C(NCCN1CCSCC1)NC1COCC1C(=O)O. The monoisotopic (exact) mass is 303 g/mol. The zero-order valence-corrected chi connectivity index (χ0v) is 12.2. The van der Waals surface area contributed by atoms with Crippen molar-refractivity contribution in [3.8, 4) is 0 Å². The van der Waals surface area contributed by atoms with Gasteiger partial charge in [0.2, 0.25) is 0 Å². The number of nitrogens with zero attached hydrogens (tertiary/aromatic N) is 1. The van der Waals surface area contributed by atoms with Crippen molar-refractivity contribution in [3.05, 3.63) is 0 Å². The van der Waals surface area contributed by atoms with Crippen molar-refractivity contribution in [1.29, 1.82) is 0 Å². The van der Waals surface area contributed by atoms with Crippen LogP contribution >= 0.6 is 11.8 Å². The van der Waals surface area contributed by atoms with Gasteiger partial charge in [0.15, 0.2) is 0 Å². The summed E-state index contributed by atoms with van der Waals surface area (Å²) in [4.78, 5) is 25.0. The van der Waals surface area contributed by atoms with E-state index in [4.69, 9.17) is 9.84 Å². The fraction of sp³-hybridized carbons (Fsp3) is 0.833. The molecule has 2 amide bonds. The van der Waals surface area contributed by atoms with Gasteiger partial charge in [0, 0.05) is 37.7 Å². The topological polar surface area (TPSA) is 90.9 Å². The number of ether oxygens (including phenoxy) is 1. The minimum atomic E-state index is -0.932. The van der Waals surface area contributed by atoms with Gasteiger partial charge in [-0.3, -0.25) is 9.69 Å². The van der Waals surface area contributed by atoms with Crippen LogP contribution in [0.4, 0.5) is 4.79 Å². The van der Waals surface area contributed by atoms with Crippen molar-refractivity contribution in [1.82, 2.24) is 15.5 Å². The van der Waals surface area contributed by atoms with Gasteiger partial charge in [-0.15, -0.1) is 0 Å². The fourth-order valence-corrected chi connectivity index (χ4v) is 3.29. The number of carbonyl (C=O) groups is 2. The molecular weight excluding hydrogens is 282 g/mol. The second kappa shape index (κ2) is 7.70. The van der Waals surface area contributed by atoms with Crippen LogP contribution in [0.2, 0.25) is 0 Å². The fourth-order valence-electron chi connectivity index (χ4n) is 2.31. The molecule has 2 aliphatic heterocycles. The minimum Gasteiger partial charge on any atom is -0.481 e. The number of hydrogen-bond acceptors (Lipinski definition) is 5. The Kier molecular flexibility index (Phi) is 5.93. The summed E-state index contributed by atoms with van der Waals surface area (Å²) in [5.41, 5.74) is 0. The van der Waals surface area contributed by atoms with E-state index >= 15 is 0 Å². The van der Waals surface area contributed by atoms with Crippen molar-refractivity contribution in [2.24, 2.45) is 5.92 Å². The van der Waals surface area contributed by atoms with Crippen LogP contribution in [0.5, 0.6) is 0 Å². The van der Waals surface area contributed by atoms with E-state index in [9.17, 15) is 9.59 Å². The molecule has 0 aromatic rings. The third-order valence-corrected chi connectivity index (χ3v) is 4.47. The first-order chi connectivity index (χ1) is 9.66. The summed E-state index contributed by atoms with van der Waals surface area (Å²) < 4.78 is 5.10. The van der Waals surface area contributed by atoms with Gasteiger partial charge in [-0.05, 0) is 0 Å². The number of carbonyl (C=O) groups excluding carboxylic acids is 1. The molecule has 2 saturated heterocycles. The molecule has 20 heavy (non-hydrogen) atoms. The van der Waals surface area contributed by atoms with Crippen molar-refractivity contribution in [3.63, 3.8) is 0 Å². The highest BCUT2D eigenvalue weighted by Gasteiger charge is 2.34. The normalized spacial score (nSPS) is 27.2. The third kappa shape index (κ3) is 4.53. The number of urea groups is 1. The molecule has 2 rings (SSSR count). The highest BCUT2D eigenvalue weighted by Crippen LogP contribution is 2.13. The lowest BCUT2D eigenvalue weighted by Crippen LogP contribution is -2.49. The van der Waals surface area contributed by atoms with Crippen molar-refractivity contribution >= 4 is 23.8 Å². The maximum atomic E-state index is 11.7. The molecule has 2 atom stereocenters. The summed E-state index contributed by atoms with van der Waals surface area (Å²) in [6.07, 6.45) is 0. The molecule has 2 aliphatic rings. The molecule has 0 aromatic heterocycles. The Morgan fingerprint density at radius 3 is 2.75 bits per heavy atom. The van der Waals surface area contributed by atoms with Gasteiger partial charge in [0.05, 0.1) is 19.3 Å². The van der Waals surface area contributed by atoms with Gasteiger partial charge in [0.1, 0.15) is 5.92 Å². The highest BCUT2D eigenvalue weighted by atomic mass is 32.2. The number of nitrogens with one attached hydrogen (secondary N) is 2. The van der Waals surface area contributed by atoms with E-state index in [1.54, 1.807) is 0 Å². The Labute approximate surface area is 122 Å². The maximum Gasteiger partial charge on any atom is 0.315 e. The molecule has 0 saturated carbocycles. The first kappa shape index (κ1) is 15.4. The third-order valence-electron chi connectivity index (χ3n) is 3.53. The second-order valence-corrected chi connectivity index (χ2v) is 6.17. The quantitative estimate of drug-likeness (QED) is 0.630. The Morgan fingerprint density at radius 2 is 2.05 bits per heavy atom. The number of hydrogen-bond donors (Lipinski definition) is 3. The van der Waals surface area contributed by atoms with Crippen molar-refractivity contribution in [2.75, 3.05) is 50.9 Å². The smallest absolute Gasteiger partial charge is 0.315 e. The van der Waals surface area contributed by atoms with Crippen molar-refractivity contribution in [2.45, 2.75) is 6.04 Å². The first-order valence-electron chi connectivity index (χ1n) is 6.82. The lowest BCUT2D eigenvalue weighted by atomic mass is 10.0. The molecule has 2 fully saturated rings. The summed E-state index contributed by atoms with van der Waals surface area (Å²) in [7, 11) is 0. The Balaban J connectivity index is 1.63. The number of carboxylic acid groups (broad SMARTS) is 1. The van der Waals surface area contributed by atoms with Gasteiger partial charge in [0.25, 0.3) is 0 Å². The molecule has 8 heteroatoms. The van der Waals surface area contributed by atoms with E-state index in [-0.39, 0.29) is 19.2 Å². The predicted molar refractivity (Wildman–Crippen MR) is 76.0 cm³/mol. The number of carboxylic acids is 1. The molecule has 3 N–H and O–H groups in total. The zero-order chi connectivity index (χ0) is 14.4. The van der Waals surface area contributed by atoms with E-state index in [0.29, 0.717) is 6.54 Å². The molecule has 0 spiro atoms. The molecular formula is C12H21N3O4S. The molecule has 0 radical (unpaired) electrons. The molecule has 2 heterocycles. The minimum absolute atomic E-state index is 0.158. The van der Waals surface area contributed by atoms with Crippen LogP contribution in [-0.4, -0.2) is 78.9 Å². The van der Waals surface area contributed by atoms with Gasteiger partial charge < -0.3 is 20.5 Å². The van der Waals surface area contributed by atoms with Crippen LogP contribution < -0.4 is 10.6 Å². The molecule has 114 valence electrons. The largest absolute Gasteiger partial charge is 0.481 e. The molecule has 0 bridgehead atoms. The molecule has 0 aliphatic carbocycles. The van der Waals surface area contributed by atoms with E-state index < -0.39 is 17.9 Å². The van der Waals surface area contributed by atoms with Gasteiger partial charge in [-0.1, -0.05) is 0 Å². The predicted octanol–water partition coefficient (Wildman–Crippen LogP) is -0.566. The van der Waals surface area contributed by atoms with Crippen molar-refractivity contribution < 1.29 is 19.4 Å². The Morgan fingerprint density at radius 1 is 1.30 bits per heavy atom. The van der Waals surface area contributed by atoms with E-state index in [0.717, 1.165) is 31.1 Å². The summed E-state index contributed by atoms with van der Waals surface area (Å²) in [5, 5.41) is 14.4. The van der Waals surface area contributed by atoms with E-state index in [1.807, 2.05) is 11.8 Å². The second-order valence-electron chi connectivity index (χ2n) is 4.94. The number of rotatable bonds is 5. The lowest BCUT2D eigenvalue weighted by Gasteiger charge is -2.26. The molecule has 2 unspecified atom stereocenters. The van der Waals surface area contributed by atoms with Crippen LogP contribution in [0.1, 0.15) is 0 Å². The highest BCUT2D eigenvalue weighted by molar-refractivity contribution is 7.99. The lowest BCUT2D eigenvalue weighted by molar-refractivity contribution is -0.142. The van der Waals surface area contributed by atoms with Crippen LogP contribution in [0.25, 0.3) is 0 Å². The van der Waals surface area contributed by atoms with Crippen LogP contribution in [0.15, 0.2) is 0 Å². The average molecular weight is 303 g/mol. The van der Waals surface area contributed by atoms with Crippen LogP contribution in [-0.2, 0) is 9.53 Å². The van der Waals surface area contributed by atoms with E-state index in [1.165, 1.54) is 0 Å². The number of thioether (sulfide) groups is 1. The summed E-state index contributed by atoms with van der Waals surface area (Å²) in [5.74, 6) is 0.705. The summed E-state index contributed by atoms with van der Waals surface area (Å²) in [6.45, 7) is 3.94. The van der Waals surface area contributed by atoms with Gasteiger partial charge >= 0.3 is 12.0 Å². The zero-order valence-electron chi connectivity index (χ0n) is 11.3. The maximum absolute atomic E-state index is 11.7. The van der Waals surface area contributed by atoms with E-state index in [2.05, 4.69) is 15.5 Å². The van der Waals surface area contributed by atoms with Gasteiger partial charge in [-0.25, -0.2) is 4.79 Å². The number of aliphatic carboxylic acids is 1. The Bertz CT molecular complexity index is 350. The molecule has 7 nitrogen and oxygen atoms in total. The standard InChI is InChI=1S/C12H21N3O4S/c16-11(17)9-7-19-8-10(9)14-12(18)13-1-2-15-3-5-20-6-4-15/h9-10H,1-8H2,(H,16,17)(H2,13,14,18). The average Bonchev–Trinajstić information content (AvgIpc) is 2.88. The van der Waals surface area contributed by atoms with Crippen LogP contribution in [0, 0.1) is 5.92 Å².